The van der Waals surface area contributed by atoms with Crippen LogP contribution in [0.15, 0.2) is 29.0 Å². The topological polar surface area (TPSA) is 20.2 Å². The van der Waals surface area contributed by atoms with E-state index in [1.165, 1.54) is 12.1 Å². The van der Waals surface area contributed by atoms with E-state index in [1.54, 1.807) is 17.4 Å². The number of hydrogen-bond acceptors (Lipinski definition) is 2. The highest BCUT2D eigenvalue weighted by molar-refractivity contribution is 7.08. The van der Waals surface area contributed by atoms with E-state index in [0.29, 0.717) is 5.56 Å². The molecular weight excluding hydrogens is 223 g/mol. The largest absolute Gasteiger partial charge is 0.384 e. The number of aryl methyl sites for hydroxylation is 2. The third-order valence-electron chi connectivity index (χ3n) is 2.73. The van der Waals surface area contributed by atoms with Gasteiger partial charge in [-0.3, -0.25) is 0 Å². The van der Waals surface area contributed by atoms with Gasteiger partial charge in [-0.05, 0) is 59.0 Å². The molecule has 1 nitrogen and oxygen atoms in total. The third-order valence-corrected chi connectivity index (χ3v) is 3.61. The van der Waals surface area contributed by atoms with Gasteiger partial charge in [0.15, 0.2) is 0 Å². The highest BCUT2D eigenvalue weighted by Crippen LogP contribution is 2.29. The van der Waals surface area contributed by atoms with E-state index >= 15 is 0 Å². The minimum Gasteiger partial charge on any atom is -0.384 e. The number of halogens is 1. The van der Waals surface area contributed by atoms with Crippen molar-refractivity contribution in [2.75, 3.05) is 0 Å². The lowest BCUT2D eigenvalue weighted by Crippen LogP contribution is -2.02. The summed E-state index contributed by atoms with van der Waals surface area (Å²) in [5.41, 5.74) is 3.45. The summed E-state index contributed by atoms with van der Waals surface area (Å²) in [5, 5.41) is 14.1. The molecule has 0 spiro atoms. The molecule has 1 unspecified atom stereocenters. The molecule has 0 bridgehead atoms. The third kappa shape index (κ3) is 2.01. The molecule has 0 aliphatic rings. The summed E-state index contributed by atoms with van der Waals surface area (Å²) in [7, 11) is 0. The van der Waals surface area contributed by atoms with Gasteiger partial charge in [0, 0.05) is 0 Å². The van der Waals surface area contributed by atoms with Gasteiger partial charge in [-0.2, -0.15) is 11.3 Å². The lowest BCUT2D eigenvalue weighted by atomic mass is 9.97. The van der Waals surface area contributed by atoms with Crippen LogP contribution in [-0.2, 0) is 0 Å². The molecule has 16 heavy (non-hydrogen) atoms. The van der Waals surface area contributed by atoms with Gasteiger partial charge in [-0.1, -0.05) is 6.07 Å². The van der Waals surface area contributed by atoms with Crippen molar-refractivity contribution < 1.29 is 9.50 Å². The molecule has 1 aromatic carbocycles. The predicted molar refractivity (Wildman–Crippen MR) is 64.3 cm³/mol. The Morgan fingerprint density at radius 3 is 2.50 bits per heavy atom. The van der Waals surface area contributed by atoms with Crippen LogP contribution in [-0.4, -0.2) is 5.11 Å². The van der Waals surface area contributed by atoms with E-state index in [-0.39, 0.29) is 5.82 Å². The highest BCUT2D eigenvalue weighted by Gasteiger charge is 2.16. The number of benzene rings is 1. The Kier molecular flexibility index (Phi) is 3.08. The Bertz CT molecular complexity index is 504. The highest BCUT2D eigenvalue weighted by atomic mass is 32.1. The molecule has 3 heteroatoms. The predicted octanol–water partition coefficient (Wildman–Crippen LogP) is 3.59. The molecule has 0 aliphatic heterocycles. The van der Waals surface area contributed by atoms with Gasteiger partial charge in [0.25, 0.3) is 0 Å². The molecule has 0 fully saturated rings. The Morgan fingerprint density at radius 1 is 1.12 bits per heavy atom. The molecule has 0 amide bonds. The molecule has 84 valence electrons. The van der Waals surface area contributed by atoms with Crippen LogP contribution in [0.4, 0.5) is 4.39 Å². The van der Waals surface area contributed by atoms with Crippen molar-refractivity contribution in [3.05, 3.63) is 57.0 Å². The molecular formula is C13H13FOS. The van der Waals surface area contributed by atoms with Crippen molar-refractivity contribution in [3.8, 4) is 0 Å². The normalized spacial score (nSPS) is 12.8. The molecule has 0 radical (unpaired) electrons. The van der Waals surface area contributed by atoms with Crippen LogP contribution in [0, 0.1) is 19.7 Å². The molecule has 0 saturated heterocycles. The quantitative estimate of drug-likeness (QED) is 0.845. The number of hydrogen-bond donors (Lipinski definition) is 1. The molecule has 0 saturated carbocycles. The smallest absolute Gasteiger partial charge is 0.123 e. The van der Waals surface area contributed by atoms with Crippen LogP contribution in [0.25, 0.3) is 0 Å². The van der Waals surface area contributed by atoms with Crippen LogP contribution >= 0.6 is 11.3 Å². The van der Waals surface area contributed by atoms with Crippen molar-refractivity contribution in [1.29, 1.82) is 0 Å². The first-order valence-corrected chi connectivity index (χ1v) is 6.00. The minimum atomic E-state index is -0.734. The summed E-state index contributed by atoms with van der Waals surface area (Å²) in [6.45, 7) is 3.82. The molecule has 1 N–H and O–H groups in total. The van der Waals surface area contributed by atoms with E-state index in [4.69, 9.17) is 0 Å². The molecule has 1 heterocycles. The summed E-state index contributed by atoms with van der Waals surface area (Å²) in [5.74, 6) is -0.312. The van der Waals surface area contributed by atoms with Gasteiger partial charge >= 0.3 is 0 Å². The van der Waals surface area contributed by atoms with E-state index in [9.17, 15) is 9.50 Å². The molecule has 1 atom stereocenters. The van der Waals surface area contributed by atoms with Gasteiger partial charge in [0.2, 0.25) is 0 Å². The van der Waals surface area contributed by atoms with Crippen molar-refractivity contribution in [3.63, 3.8) is 0 Å². The summed E-state index contributed by atoms with van der Waals surface area (Å²) >= 11 is 1.55. The van der Waals surface area contributed by atoms with Crippen LogP contribution in [0.3, 0.4) is 0 Å². The number of aliphatic hydroxyl groups excluding tert-OH is 1. The zero-order valence-corrected chi connectivity index (χ0v) is 10.0. The lowest BCUT2D eigenvalue weighted by molar-refractivity contribution is 0.219. The Morgan fingerprint density at radius 2 is 1.88 bits per heavy atom. The first-order valence-electron chi connectivity index (χ1n) is 5.06. The average Bonchev–Trinajstić information content (AvgIpc) is 2.67. The van der Waals surface area contributed by atoms with Crippen molar-refractivity contribution in [2.24, 2.45) is 0 Å². The number of thiophene rings is 1. The van der Waals surface area contributed by atoms with Crippen LogP contribution in [0.2, 0.25) is 0 Å². The fraction of sp³-hybridized carbons (Fsp3) is 0.231. The second-order valence-electron chi connectivity index (χ2n) is 3.91. The second-order valence-corrected chi connectivity index (χ2v) is 4.66. The van der Waals surface area contributed by atoms with Gasteiger partial charge in [-0.15, -0.1) is 0 Å². The monoisotopic (exact) mass is 236 g/mol. The van der Waals surface area contributed by atoms with E-state index in [2.05, 4.69) is 0 Å². The lowest BCUT2D eigenvalue weighted by Gasteiger charge is -2.13. The maximum Gasteiger partial charge on any atom is 0.123 e. The summed E-state index contributed by atoms with van der Waals surface area (Å²) in [6, 6.07) is 4.50. The zero-order chi connectivity index (χ0) is 11.7. The Balaban J connectivity index is 2.45. The number of rotatable bonds is 2. The zero-order valence-electron chi connectivity index (χ0n) is 9.20. The second kappa shape index (κ2) is 4.36. The van der Waals surface area contributed by atoms with Gasteiger partial charge in [0.05, 0.1) is 0 Å². The van der Waals surface area contributed by atoms with Crippen molar-refractivity contribution in [2.45, 2.75) is 20.0 Å². The molecule has 1 aromatic heterocycles. The van der Waals surface area contributed by atoms with E-state index in [1.807, 2.05) is 24.6 Å². The first-order chi connectivity index (χ1) is 7.59. The maximum atomic E-state index is 13.1. The minimum absolute atomic E-state index is 0.312. The fourth-order valence-electron chi connectivity index (χ4n) is 1.72. The summed E-state index contributed by atoms with van der Waals surface area (Å²) < 4.78 is 13.1. The van der Waals surface area contributed by atoms with Gasteiger partial charge in [-0.25, -0.2) is 4.39 Å². The number of aliphatic hydroxyl groups is 1. The summed E-state index contributed by atoms with van der Waals surface area (Å²) in [6.07, 6.45) is -0.734. The van der Waals surface area contributed by atoms with E-state index in [0.717, 1.165) is 16.7 Å². The van der Waals surface area contributed by atoms with Gasteiger partial charge < -0.3 is 5.11 Å². The van der Waals surface area contributed by atoms with E-state index < -0.39 is 6.10 Å². The van der Waals surface area contributed by atoms with Gasteiger partial charge in [0.1, 0.15) is 11.9 Å². The Hall–Kier alpha value is -1.19. The Labute approximate surface area is 98.2 Å². The average molecular weight is 236 g/mol. The van der Waals surface area contributed by atoms with Crippen molar-refractivity contribution in [1.82, 2.24) is 0 Å². The maximum absolute atomic E-state index is 13.1. The molecule has 2 aromatic rings. The molecule has 2 rings (SSSR count). The fourth-order valence-corrected chi connectivity index (χ4v) is 2.59. The first kappa shape index (κ1) is 11.3. The standard InChI is InChI=1S/C13H13FOS/c1-8-3-4-10(14)5-11(8)13(15)12-7-16-6-9(12)2/h3-7,13,15H,1-2H3. The van der Waals surface area contributed by atoms with Crippen LogP contribution in [0.1, 0.15) is 28.4 Å². The SMILES string of the molecule is Cc1cscc1C(O)c1cc(F)ccc1C. The van der Waals surface area contributed by atoms with Crippen LogP contribution in [0.5, 0.6) is 0 Å². The summed E-state index contributed by atoms with van der Waals surface area (Å²) in [4.78, 5) is 0. The van der Waals surface area contributed by atoms with Crippen LogP contribution < -0.4 is 0 Å². The molecule has 0 aliphatic carbocycles. The van der Waals surface area contributed by atoms with Crippen molar-refractivity contribution >= 4 is 11.3 Å².